The molecule has 2 atom stereocenters. The lowest BCUT2D eigenvalue weighted by Gasteiger charge is -2.51. The first-order valence-electron chi connectivity index (χ1n) is 7.32. The summed E-state index contributed by atoms with van der Waals surface area (Å²) < 4.78 is 7.52. The van der Waals surface area contributed by atoms with Crippen LogP contribution in [0.3, 0.4) is 0 Å². The fraction of sp³-hybridized carbons (Fsp3) is 0.625. The van der Waals surface area contributed by atoms with Gasteiger partial charge in [-0.3, -0.25) is 0 Å². The zero-order valence-electron chi connectivity index (χ0n) is 11.5. The van der Waals surface area contributed by atoms with Gasteiger partial charge in [0.15, 0.2) is 0 Å². The summed E-state index contributed by atoms with van der Waals surface area (Å²) >= 11 is 0. The summed E-state index contributed by atoms with van der Waals surface area (Å²) in [4.78, 5) is 0. The lowest BCUT2D eigenvalue weighted by atomic mass is 9.74. The molecule has 4 heterocycles. The zero-order valence-corrected chi connectivity index (χ0v) is 13.7. The maximum atomic E-state index is 6.23. The number of ether oxygens (including phenoxy) is 1. The second-order valence-corrected chi connectivity index (χ2v) is 6.72. The van der Waals surface area contributed by atoms with E-state index >= 15 is 0 Å². The van der Waals surface area contributed by atoms with E-state index in [0.29, 0.717) is 6.10 Å². The van der Waals surface area contributed by atoms with Gasteiger partial charge in [-0.05, 0) is 17.5 Å². The largest absolute Gasteiger partial charge is 1.00 e. The van der Waals surface area contributed by atoms with Crippen molar-refractivity contribution in [2.45, 2.75) is 25.4 Å². The van der Waals surface area contributed by atoms with Crippen molar-refractivity contribution in [1.82, 2.24) is 0 Å². The van der Waals surface area contributed by atoms with Gasteiger partial charge < -0.3 is 33.2 Å². The number of hydrogen-bond acceptors (Lipinski definition) is 1. The number of piperidine rings is 3. The van der Waals surface area contributed by atoms with Crippen LogP contribution >= 0.6 is 0 Å². The second-order valence-electron chi connectivity index (χ2n) is 6.72. The number of quaternary nitrogens is 1. The second kappa shape index (κ2) is 4.92. The molecule has 1 aromatic carbocycles. The highest BCUT2D eigenvalue weighted by atomic mass is 127. The van der Waals surface area contributed by atoms with Crippen LogP contribution in [-0.2, 0) is 6.42 Å². The Morgan fingerprint density at radius 3 is 2.58 bits per heavy atom. The van der Waals surface area contributed by atoms with Crippen molar-refractivity contribution in [3.8, 4) is 5.75 Å². The number of benzene rings is 1. The highest BCUT2D eigenvalue weighted by Gasteiger charge is 2.48. The number of rotatable bonds is 1. The van der Waals surface area contributed by atoms with Gasteiger partial charge in [-0.1, -0.05) is 18.2 Å². The Hall–Kier alpha value is -0.290. The molecule has 0 aliphatic carbocycles. The number of halogens is 1. The van der Waals surface area contributed by atoms with Crippen molar-refractivity contribution in [3.63, 3.8) is 0 Å². The zero-order chi connectivity index (χ0) is 12.2. The third-order valence-corrected chi connectivity index (χ3v) is 5.49. The minimum atomic E-state index is 0. The maximum Gasteiger partial charge on any atom is 0.123 e. The van der Waals surface area contributed by atoms with E-state index in [1.165, 1.54) is 42.5 Å². The lowest BCUT2D eigenvalue weighted by molar-refractivity contribution is -0.929. The third-order valence-electron chi connectivity index (χ3n) is 5.49. The van der Waals surface area contributed by atoms with E-state index in [0.717, 1.165) is 24.0 Å². The van der Waals surface area contributed by atoms with E-state index in [1.54, 1.807) is 0 Å². The summed E-state index contributed by atoms with van der Waals surface area (Å²) in [5, 5.41) is 0. The van der Waals surface area contributed by atoms with Crippen molar-refractivity contribution in [3.05, 3.63) is 29.8 Å². The number of hydrogen-bond donors (Lipinski definition) is 0. The van der Waals surface area contributed by atoms with E-state index in [1.807, 2.05) is 0 Å². The average molecular weight is 371 g/mol. The highest BCUT2D eigenvalue weighted by molar-refractivity contribution is 5.37. The van der Waals surface area contributed by atoms with E-state index < -0.39 is 0 Å². The Morgan fingerprint density at radius 1 is 1.16 bits per heavy atom. The molecule has 3 fully saturated rings. The van der Waals surface area contributed by atoms with Crippen LogP contribution < -0.4 is 28.7 Å². The molecule has 2 bridgehead atoms. The average Bonchev–Trinajstić information content (AvgIpc) is 2.82. The summed E-state index contributed by atoms with van der Waals surface area (Å²) in [5.74, 6) is 2.84. The van der Waals surface area contributed by atoms with Crippen LogP contribution in [0.15, 0.2) is 24.3 Å². The summed E-state index contributed by atoms with van der Waals surface area (Å²) in [6.45, 7) is 4.12. The molecule has 4 aliphatic heterocycles. The first-order chi connectivity index (χ1) is 8.73. The molecule has 104 valence electrons. The molecule has 0 saturated carbocycles. The predicted octanol–water partition coefficient (Wildman–Crippen LogP) is -0.519. The van der Waals surface area contributed by atoms with Gasteiger partial charge in [0, 0.05) is 25.2 Å². The van der Waals surface area contributed by atoms with E-state index in [4.69, 9.17) is 4.74 Å². The molecule has 0 spiro atoms. The summed E-state index contributed by atoms with van der Waals surface area (Å²) in [6.07, 6.45) is 4.41. The third kappa shape index (κ3) is 2.29. The molecule has 1 aromatic rings. The molecular weight excluding hydrogens is 349 g/mol. The molecule has 3 heteroatoms. The van der Waals surface area contributed by atoms with Crippen LogP contribution in [0.5, 0.6) is 5.75 Å². The quantitative estimate of drug-likeness (QED) is 0.477. The molecular formula is C16H22INO. The van der Waals surface area contributed by atoms with Gasteiger partial charge in [0.1, 0.15) is 11.9 Å². The molecule has 0 amide bonds. The topological polar surface area (TPSA) is 9.23 Å². The first kappa shape index (κ1) is 13.7. The van der Waals surface area contributed by atoms with Crippen molar-refractivity contribution in [1.29, 1.82) is 0 Å². The first-order valence-corrected chi connectivity index (χ1v) is 7.32. The van der Waals surface area contributed by atoms with Gasteiger partial charge in [0.25, 0.3) is 0 Å². The standard InChI is InChI=1S/C16H22NO.HI/c1-17-8-6-12(7-9-17)14(11-17)16-10-13-4-2-3-5-15(13)18-16;/h2-5,12,14,16H,6-11H2,1H3;1H/q+1;/p-1/t12?,14-,16+,17?;/m1./s1. The van der Waals surface area contributed by atoms with Crippen LogP contribution in [0.25, 0.3) is 0 Å². The van der Waals surface area contributed by atoms with Crippen molar-refractivity contribution < 1.29 is 33.2 Å². The van der Waals surface area contributed by atoms with Gasteiger partial charge in [-0.25, -0.2) is 0 Å². The van der Waals surface area contributed by atoms with Gasteiger partial charge in [-0.15, -0.1) is 0 Å². The molecule has 0 radical (unpaired) electrons. The predicted molar refractivity (Wildman–Crippen MR) is 71.6 cm³/mol. The SMILES string of the molecule is C[N+]12CCC(CC1)[C@H]([C@@H]1Cc3ccccc3O1)C2.[I-]. The molecule has 4 aliphatic rings. The fourth-order valence-corrected chi connectivity index (χ4v) is 4.35. The van der Waals surface area contributed by atoms with Crippen molar-refractivity contribution in [2.75, 3.05) is 26.7 Å². The minimum absolute atomic E-state index is 0. The van der Waals surface area contributed by atoms with E-state index in [2.05, 4.69) is 31.3 Å². The van der Waals surface area contributed by atoms with Gasteiger partial charge in [0.05, 0.1) is 26.7 Å². The summed E-state index contributed by atoms with van der Waals surface area (Å²) in [6, 6.07) is 8.58. The molecule has 0 aromatic heterocycles. The van der Waals surface area contributed by atoms with Gasteiger partial charge >= 0.3 is 0 Å². The van der Waals surface area contributed by atoms with E-state index in [9.17, 15) is 0 Å². The molecule has 3 saturated heterocycles. The minimum Gasteiger partial charge on any atom is -1.00 e. The lowest BCUT2D eigenvalue weighted by Crippen LogP contribution is -3.00. The molecule has 0 unspecified atom stereocenters. The normalized spacial score (nSPS) is 39.3. The monoisotopic (exact) mass is 371 g/mol. The Labute approximate surface area is 132 Å². The highest BCUT2D eigenvalue weighted by Crippen LogP contribution is 2.42. The Balaban J connectivity index is 0.00000110. The van der Waals surface area contributed by atoms with Crippen LogP contribution in [0.1, 0.15) is 18.4 Å². The number of fused-ring (bicyclic) bond motifs is 4. The summed E-state index contributed by atoms with van der Waals surface area (Å²) in [7, 11) is 2.43. The van der Waals surface area contributed by atoms with Crippen LogP contribution in [0, 0.1) is 11.8 Å². The maximum absolute atomic E-state index is 6.23. The van der Waals surface area contributed by atoms with Crippen LogP contribution in [0.2, 0.25) is 0 Å². The Kier molecular flexibility index (Phi) is 3.54. The smallest absolute Gasteiger partial charge is 0.123 e. The van der Waals surface area contributed by atoms with Crippen molar-refractivity contribution in [2.24, 2.45) is 11.8 Å². The Morgan fingerprint density at radius 2 is 1.89 bits per heavy atom. The fourth-order valence-electron chi connectivity index (χ4n) is 4.35. The molecule has 2 nitrogen and oxygen atoms in total. The number of nitrogens with zero attached hydrogens (tertiary/aromatic N) is 1. The molecule has 19 heavy (non-hydrogen) atoms. The van der Waals surface area contributed by atoms with Crippen molar-refractivity contribution >= 4 is 0 Å². The Bertz CT molecular complexity index is 443. The summed E-state index contributed by atoms with van der Waals surface area (Å²) in [5.41, 5.74) is 1.42. The van der Waals surface area contributed by atoms with Crippen LogP contribution in [-0.4, -0.2) is 37.3 Å². The van der Waals surface area contributed by atoms with Gasteiger partial charge in [-0.2, -0.15) is 0 Å². The number of para-hydroxylation sites is 1. The van der Waals surface area contributed by atoms with E-state index in [-0.39, 0.29) is 24.0 Å². The van der Waals surface area contributed by atoms with Crippen LogP contribution in [0.4, 0.5) is 0 Å². The molecule has 5 rings (SSSR count). The molecule has 0 N–H and O–H groups in total. The van der Waals surface area contributed by atoms with Gasteiger partial charge in [0.2, 0.25) is 0 Å².